The van der Waals surface area contributed by atoms with Crippen LogP contribution in [0.1, 0.15) is 21.6 Å². The van der Waals surface area contributed by atoms with E-state index in [1.54, 1.807) is 30.3 Å². The lowest BCUT2D eigenvalue weighted by atomic mass is 10.0. The molecule has 1 amide bonds. The van der Waals surface area contributed by atoms with Crippen LogP contribution in [0.2, 0.25) is 5.02 Å². The first-order valence-electron chi connectivity index (χ1n) is 12.6. The molecule has 196 valence electrons. The van der Waals surface area contributed by atoms with Crippen molar-refractivity contribution in [3.8, 4) is 11.3 Å². The molecule has 39 heavy (non-hydrogen) atoms. The van der Waals surface area contributed by atoms with E-state index in [-0.39, 0.29) is 0 Å². The molecule has 2 aromatic heterocycles. The minimum absolute atomic E-state index is 0.314. The standard InChI is InChI=1S/C31H28ClN5O2/c1-19-16-20(2)35-27(17-19)34-15-14-33-23-9-11-24(12-10-23)36-31(39)30(38)28-25-13-8-22(32)18-26(25)37-29(28)21-6-4-3-5-7-21/h3-13,16-18,33,37H,14-15H2,1-2H3,(H,34,35)(H,36,39). The highest BCUT2D eigenvalue weighted by Crippen LogP contribution is 2.32. The number of pyridine rings is 1. The molecule has 0 spiro atoms. The number of amides is 1. The highest BCUT2D eigenvalue weighted by Gasteiger charge is 2.25. The summed E-state index contributed by atoms with van der Waals surface area (Å²) >= 11 is 6.17. The number of fused-ring (bicyclic) bond motifs is 1. The Kier molecular flexibility index (Phi) is 7.61. The van der Waals surface area contributed by atoms with Crippen molar-refractivity contribution in [2.45, 2.75) is 13.8 Å². The lowest BCUT2D eigenvalue weighted by Crippen LogP contribution is -2.23. The second-order valence-electron chi connectivity index (χ2n) is 9.32. The highest BCUT2D eigenvalue weighted by molar-refractivity contribution is 6.49. The van der Waals surface area contributed by atoms with Crippen LogP contribution in [0.15, 0.2) is 84.9 Å². The average molecular weight is 538 g/mol. The Balaban J connectivity index is 1.24. The monoisotopic (exact) mass is 537 g/mol. The third kappa shape index (κ3) is 6.10. The van der Waals surface area contributed by atoms with E-state index >= 15 is 0 Å². The van der Waals surface area contributed by atoms with E-state index in [4.69, 9.17) is 11.6 Å². The molecular weight excluding hydrogens is 510 g/mol. The Morgan fingerprint density at radius 3 is 2.31 bits per heavy atom. The van der Waals surface area contributed by atoms with Crippen molar-refractivity contribution in [2.24, 2.45) is 0 Å². The number of ketones is 1. The van der Waals surface area contributed by atoms with Gasteiger partial charge in [0.25, 0.3) is 11.7 Å². The molecule has 5 rings (SSSR count). The third-order valence-electron chi connectivity index (χ3n) is 6.26. The second kappa shape index (κ2) is 11.4. The first-order chi connectivity index (χ1) is 18.9. The van der Waals surface area contributed by atoms with Crippen LogP contribution in [0.3, 0.4) is 0 Å². The molecule has 0 radical (unpaired) electrons. The van der Waals surface area contributed by atoms with E-state index in [1.807, 2.05) is 68.4 Å². The molecule has 8 heteroatoms. The molecule has 2 heterocycles. The summed E-state index contributed by atoms with van der Waals surface area (Å²) in [6, 6.07) is 26.0. The van der Waals surface area contributed by atoms with Crippen LogP contribution < -0.4 is 16.0 Å². The number of aryl methyl sites for hydroxylation is 2. The predicted molar refractivity (Wildman–Crippen MR) is 159 cm³/mol. The molecular formula is C31H28ClN5O2. The molecule has 0 bridgehead atoms. The average Bonchev–Trinajstić information content (AvgIpc) is 3.30. The van der Waals surface area contributed by atoms with Gasteiger partial charge in [-0.05, 0) is 73.5 Å². The Morgan fingerprint density at radius 1 is 0.846 bits per heavy atom. The zero-order valence-electron chi connectivity index (χ0n) is 21.6. The van der Waals surface area contributed by atoms with Gasteiger partial charge in [-0.1, -0.05) is 48.0 Å². The quantitative estimate of drug-likeness (QED) is 0.0936. The number of hydrogen-bond acceptors (Lipinski definition) is 5. The normalized spacial score (nSPS) is 10.8. The van der Waals surface area contributed by atoms with Crippen molar-refractivity contribution in [2.75, 3.05) is 29.0 Å². The van der Waals surface area contributed by atoms with Gasteiger partial charge in [0.1, 0.15) is 5.82 Å². The predicted octanol–water partition coefficient (Wildman–Crippen LogP) is 6.85. The number of rotatable bonds is 9. The van der Waals surface area contributed by atoms with Gasteiger partial charge in [-0.15, -0.1) is 0 Å². The van der Waals surface area contributed by atoms with Crippen LogP contribution in [-0.2, 0) is 4.79 Å². The first-order valence-corrected chi connectivity index (χ1v) is 13.0. The van der Waals surface area contributed by atoms with Gasteiger partial charge in [-0.25, -0.2) is 4.98 Å². The van der Waals surface area contributed by atoms with Crippen molar-refractivity contribution < 1.29 is 9.59 Å². The third-order valence-corrected chi connectivity index (χ3v) is 6.49. The molecule has 3 aromatic carbocycles. The molecule has 0 fully saturated rings. The maximum absolute atomic E-state index is 13.4. The zero-order chi connectivity index (χ0) is 27.4. The SMILES string of the molecule is Cc1cc(C)nc(NCCNc2ccc(NC(=O)C(=O)c3c(-c4ccccc4)[nH]c4cc(Cl)ccc34)cc2)c1. The van der Waals surface area contributed by atoms with Crippen molar-refractivity contribution in [1.82, 2.24) is 9.97 Å². The van der Waals surface area contributed by atoms with E-state index in [9.17, 15) is 9.59 Å². The molecule has 4 N–H and O–H groups in total. The summed E-state index contributed by atoms with van der Waals surface area (Å²) in [6.07, 6.45) is 0. The molecule has 0 aliphatic rings. The Labute approximate surface area is 231 Å². The van der Waals surface area contributed by atoms with Gasteiger partial charge in [0.2, 0.25) is 0 Å². The second-order valence-corrected chi connectivity index (χ2v) is 9.75. The summed E-state index contributed by atoms with van der Waals surface area (Å²) < 4.78 is 0. The largest absolute Gasteiger partial charge is 0.383 e. The van der Waals surface area contributed by atoms with E-state index in [0.29, 0.717) is 46.0 Å². The van der Waals surface area contributed by atoms with Crippen LogP contribution in [-0.4, -0.2) is 34.7 Å². The van der Waals surface area contributed by atoms with Crippen molar-refractivity contribution >= 4 is 51.4 Å². The van der Waals surface area contributed by atoms with Gasteiger partial charge in [-0.2, -0.15) is 0 Å². The summed E-state index contributed by atoms with van der Waals surface area (Å²) in [5.41, 5.74) is 5.96. The Bertz CT molecular complexity index is 1630. The van der Waals surface area contributed by atoms with Crippen LogP contribution in [0, 0.1) is 13.8 Å². The first kappa shape index (κ1) is 26.0. The van der Waals surface area contributed by atoms with Crippen LogP contribution in [0.4, 0.5) is 17.2 Å². The molecule has 0 aliphatic carbocycles. The van der Waals surface area contributed by atoms with Crippen molar-refractivity contribution in [3.63, 3.8) is 0 Å². The van der Waals surface area contributed by atoms with E-state index in [0.717, 1.165) is 22.8 Å². The van der Waals surface area contributed by atoms with E-state index < -0.39 is 11.7 Å². The van der Waals surface area contributed by atoms with Gasteiger partial charge >= 0.3 is 0 Å². The van der Waals surface area contributed by atoms with Crippen molar-refractivity contribution in [1.29, 1.82) is 0 Å². The van der Waals surface area contributed by atoms with Crippen LogP contribution >= 0.6 is 11.6 Å². The van der Waals surface area contributed by atoms with E-state index in [2.05, 4.69) is 25.9 Å². The highest BCUT2D eigenvalue weighted by atomic mass is 35.5. The number of Topliss-reactive ketones (excluding diaryl/α,β-unsaturated/α-hetero) is 1. The van der Waals surface area contributed by atoms with Gasteiger partial charge in [0.15, 0.2) is 0 Å². The maximum atomic E-state index is 13.4. The summed E-state index contributed by atoms with van der Waals surface area (Å²) in [5.74, 6) is -0.490. The fourth-order valence-corrected chi connectivity index (χ4v) is 4.70. The number of aromatic nitrogens is 2. The lowest BCUT2D eigenvalue weighted by molar-refractivity contribution is -0.112. The van der Waals surface area contributed by atoms with Crippen molar-refractivity contribution in [3.05, 3.63) is 107 Å². The van der Waals surface area contributed by atoms with Crippen LogP contribution in [0.5, 0.6) is 0 Å². The summed E-state index contributed by atoms with van der Waals surface area (Å²) in [4.78, 5) is 34.2. The number of halogens is 1. The smallest absolute Gasteiger partial charge is 0.296 e. The molecule has 0 unspecified atom stereocenters. The minimum Gasteiger partial charge on any atom is -0.383 e. The van der Waals surface area contributed by atoms with Gasteiger partial charge in [-0.3, -0.25) is 9.59 Å². The number of anilines is 3. The fraction of sp³-hybridized carbons (Fsp3) is 0.129. The fourth-order valence-electron chi connectivity index (χ4n) is 4.53. The Hall–Kier alpha value is -4.62. The van der Waals surface area contributed by atoms with Gasteiger partial charge in [0, 0.05) is 46.1 Å². The number of aromatic amines is 1. The summed E-state index contributed by atoms with van der Waals surface area (Å²) in [6.45, 7) is 5.40. The number of hydrogen-bond donors (Lipinski definition) is 4. The molecule has 0 saturated heterocycles. The summed E-state index contributed by atoms with van der Waals surface area (Å²) in [7, 11) is 0. The number of benzene rings is 3. The number of H-pyrrole nitrogens is 1. The number of nitrogens with zero attached hydrogens (tertiary/aromatic N) is 1. The molecule has 7 nitrogen and oxygen atoms in total. The van der Waals surface area contributed by atoms with E-state index in [1.165, 1.54) is 5.56 Å². The number of nitrogens with one attached hydrogen (secondary N) is 4. The topological polar surface area (TPSA) is 98.9 Å². The molecule has 0 saturated carbocycles. The lowest BCUT2D eigenvalue weighted by Gasteiger charge is -2.11. The molecule has 5 aromatic rings. The summed E-state index contributed by atoms with van der Waals surface area (Å²) in [5, 5.41) is 10.6. The maximum Gasteiger partial charge on any atom is 0.296 e. The Morgan fingerprint density at radius 2 is 1.56 bits per heavy atom. The minimum atomic E-state index is -0.714. The van der Waals surface area contributed by atoms with Gasteiger partial charge in [0.05, 0.1) is 11.3 Å². The zero-order valence-corrected chi connectivity index (χ0v) is 22.4. The van der Waals surface area contributed by atoms with Gasteiger partial charge < -0.3 is 20.9 Å². The number of carbonyl (C=O) groups excluding carboxylic acids is 2. The van der Waals surface area contributed by atoms with Crippen LogP contribution in [0.25, 0.3) is 22.2 Å². The number of carbonyl (C=O) groups is 2. The molecule has 0 aliphatic heterocycles. The molecule has 0 atom stereocenters.